The van der Waals surface area contributed by atoms with Crippen molar-refractivity contribution in [2.24, 2.45) is 0 Å². The molecule has 136 valence electrons. The van der Waals surface area contributed by atoms with Gasteiger partial charge in [-0.3, -0.25) is 4.79 Å². The van der Waals surface area contributed by atoms with Crippen molar-refractivity contribution in [3.05, 3.63) is 51.9 Å². The first-order valence-corrected chi connectivity index (χ1v) is 10.8. The van der Waals surface area contributed by atoms with Crippen LogP contribution in [0.3, 0.4) is 0 Å². The molecule has 0 spiro atoms. The molecule has 0 fully saturated rings. The summed E-state index contributed by atoms with van der Waals surface area (Å²) in [4.78, 5) is 18.3. The Labute approximate surface area is 166 Å². The zero-order chi connectivity index (χ0) is 18.8. The number of thiophene rings is 1. The van der Waals surface area contributed by atoms with E-state index in [1.807, 2.05) is 24.3 Å². The van der Waals surface area contributed by atoms with Gasteiger partial charge in [-0.1, -0.05) is 30.0 Å². The number of aromatic nitrogens is 1. The molecule has 1 aliphatic rings. The standard InChI is InChI=1S/C21H19N3OS2/c1-13-10-20(23-17-8-4-2-6-14(13)17)26-12-19(25)24-21-16(11-22)15-7-3-5-9-18(15)27-21/h2,4,6,8,10H,3,5,7,9,12H2,1H3,(H,24,25). The van der Waals surface area contributed by atoms with Crippen LogP contribution >= 0.6 is 23.1 Å². The minimum absolute atomic E-state index is 0.0947. The number of carbonyl (C=O) groups is 1. The number of para-hydroxylation sites is 1. The number of thioether (sulfide) groups is 1. The highest BCUT2D eigenvalue weighted by atomic mass is 32.2. The third-order valence-corrected chi connectivity index (χ3v) is 6.91. The van der Waals surface area contributed by atoms with Crippen LogP contribution in [-0.4, -0.2) is 16.6 Å². The van der Waals surface area contributed by atoms with E-state index in [-0.39, 0.29) is 11.7 Å². The molecular weight excluding hydrogens is 374 g/mol. The Balaban J connectivity index is 1.46. The Hall–Kier alpha value is -2.36. The second kappa shape index (κ2) is 7.71. The van der Waals surface area contributed by atoms with Gasteiger partial charge in [0.15, 0.2) is 0 Å². The van der Waals surface area contributed by atoms with Gasteiger partial charge in [0.1, 0.15) is 11.1 Å². The molecule has 0 aliphatic heterocycles. The Morgan fingerprint density at radius 3 is 3.00 bits per heavy atom. The fraction of sp³-hybridized carbons (Fsp3) is 0.286. The van der Waals surface area contributed by atoms with Gasteiger partial charge in [-0.05, 0) is 55.9 Å². The fourth-order valence-corrected chi connectivity index (χ4v) is 5.50. The maximum absolute atomic E-state index is 12.5. The van der Waals surface area contributed by atoms with Crippen LogP contribution in [0.4, 0.5) is 5.00 Å². The maximum atomic E-state index is 12.5. The molecule has 2 heterocycles. The summed E-state index contributed by atoms with van der Waals surface area (Å²) in [6, 6.07) is 12.3. The Morgan fingerprint density at radius 1 is 1.33 bits per heavy atom. The van der Waals surface area contributed by atoms with Crippen LogP contribution in [0.15, 0.2) is 35.4 Å². The van der Waals surface area contributed by atoms with E-state index in [2.05, 4.69) is 29.4 Å². The second-order valence-corrected chi connectivity index (χ2v) is 8.76. The highest BCUT2D eigenvalue weighted by Crippen LogP contribution is 2.37. The van der Waals surface area contributed by atoms with Gasteiger partial charge in [0, 0.05) is 10.3 Å². The van der Waals surface area contributed by atoms with Gasteiger partial charge in [0.2, 0.25) is 5.91 Å². The molecule has 0 atom stereocenters. The maximum Gasteiger partial charge on any atom is 0.235 e. The average molecular weight is 394 g/mol. The molecule has 4 nitrogen and oxygen atoms in total. The summed E-state index contributed by atoms with van der Waals surface area (Å²) in [7, 11) is 0. The van der Waals surface area contributed by atoms with Crippen molar-refractivity contribution in [1.82, 2.24) is 4.98 Å². The first kappa shape index (κ1) is 18.0. The van der Waals surface area contributed by atoms with Crippen molar-refractivity contribution in [2.45, 2.75) is 37.6 Å². The number of rotatable bonds is 4. The number of hydrogen-bond acceptors (Lipinski definition) is 5. The summed E-state index contributed by atoms with van der Waals surface area (Å²) in [5.41, 5.74) is 3.90. The summed E-state index contributed by atoms with van der Waals surface area (Å²) in [6.07, 6.45) is 4.24. The van der Waals surface area contributed by atoms with E-state index in [1.54, 1.807) is 11.3 Å². The summed E-state index contributed by atoms with van der Waals surface area (Å²) >= 11 is 2.99. The van der Waals surface area contributed by atoms with Crippen molar-refractivity contribution < 1.29 is 4.79 Å². The van der Waals surface area contributed by atoms with Crippen molar-refractivity contribution in [1.29, 1.82) is 5.26 Å². The monoisotopic (exact) mass is 393 g/mol. The number of nitrogens with zero attached hydrogens (tertiary/aromatic N) is 2. The molecule has 0 radical (unpaired) electrons. The molecule has 0 saturated carbocycles. The SMILES string of the molecule is Cc1cc(SCC(=O)Nc2sc3c(c2C#N)CCCC3)nc2ccccc12. The molecule has 3 aromatic rings. The minimum atomic E-state index is -0.0947. The lowest BCUT2D eigenvalue weighted by Gasteiger charge is -2.09. The third-order valence-electron chi connectivity index (χ3n) is 4.79. The summed E-state index contributed by atoms with van der Waals surface area (Å²) in [6.45, 7) is 2.06. The number of amides is 1. The predicted molar refractivity (Wildman–Crippen MR) is 112 cm³/mol. The molecule has 1 aliphatic carbocycles. The molecule has 1 N–H and O–H groups in total. The van der Waals surface area contributed by atoms with Crippen LogP contribution in [0, 0.1) is 18.3 Å². The normalized spacial score (nSPS) is 13.2. The number of pyridine rings is 1. The van der Waals surface area contributed by atoms with Gasteiger partial charge in [0.05, 0.1) is 21.9 Å². The lowest BCUT2D eigenvalue weighted by Crippen LogP contribution is -2.14. The van der Waals surface area contributed by atoms with Crippen LogP contribution in [0.1, 0.15) is 34.4 Å². The van der Waals surface area contributed by atoms with Crippen LogP contribution in [-0.2, 0) is 17.6 Å². The molecule has 0 unspecified atom stereocenters. The van der Waals surface area contributed by atoms with Gasteiger partial charge in [-0.2, -0.15) is 5.26 Å². The highest BCUT2D eigenvalue weighted by molar-refractivity contribution is 7.99. The summed E-state index contributed by atoms with van der Waals surface area (Å²) in [5, 5.41) is 15.1. The minimum Gasteiger partial charge on any atom is -0.316 e. The number of nitriles is 1. The number of carbonyl (C=O) groups excluding carboxylic acids is 1. The van der Waals surface area contributed by atoms with Gasteiger partial charge in [0.25, 0.3) is 0 Å². The molecule has 27 heavy (non-hydrogen) atoms. The zero-order valence-corrected chi connectivity index (χ0v) is 16.7. The molecule has 4 rings (SSSR count). The number of aryl methyl sites for hydroxylation is 2. The highest BCUT2D eigenvalue weighted by Gasteiger charge is 2.21. The number of anilines is 1. The van der Waals surface area contributed by atoms with Crippen LogP contribution < -0.4 is 5.32 Å². The molecular formula is C21H19N3OS2. The van der Waals surface area contributed by atoms with Crippen molar-refractivity contribution in [3.8, 4) is 6.07 Å². The quantitative estimate of drug-likeness (QED) is 0.627. The van der Waals surface area contributed by atoms with Crippen LogP contribution in [0.2, 0.25) is 0 Å². The van der Waals surface area contributed by atoms with Crippen LogP contribution in [0.5, 0.6) is 0 Å². The summed E-state index contributed by atoms with van der Waals surface area (Å²) in [5.74, 6) is 0.181. The Morgan fingerprint density at radius 2 is 2.15 bits per heavy atom. The number of fused-ring (bicyclic) bond motifs is 2. The van der Waals surface area contributed by atoms with Crippen molar-refractivity contribution in [2.75, 3.05) is 11.1 Å². The number of nitrogens with one attached hydrogen (secondary N) is 1. The fourth-order valence-electron chi connectivity index (χ4n) is 3.47. The first-order valence-electron chi connectivity index (χ1n) is 8.99. The van der Waals surface area contributed by atoms with Crippen molar-refractivity contribution >= 4 is 44.9 Å². The molecule has 6 heteroatoms. The molecule has 1 aromatic carbocycles. The predicted octanol–water partition coefficient (Wildman–Crippen LogP) is 5.09. The third kappa shape index (κ3) is 3.71. The second-order valence-electron chi connectivity index (χ2n) is 6.66. The van der Waals surface area contributed by atoms with Gasteiger partial charge in [-0.15, -0.1) is 11.3 Å². The number of benzene rings is 1. The zero-order valence-electron chi connectivity index (χ0n) is 15.0. The van der Waals surface area contributed by atoms with E-state index in [9.17, 15) is 10.1 Å². The molecule has 2 aromatic heterocycles. The van der Waals surface area contributed by atoms with E-state index in [0.29, 0.717) is 10.6 Å². The lowest BCUT2D eigenvalue weighted by molar-refractivity contribution is -0.113. The van der Waals surface area contributed by atoms with Gasteiger partial charge < -0.3 is 5.32 Å². The molecule has 0 bridgehead atoms. The largest absolute Gasteiger partial charge is 0.316 e. The topological polar surface area (TPSA) is 65.8 Å². The van der Waals surface area contributed by atoms with Crippen LogP contribution in [0.25, 0.3) is 10.9 Å². The van der Waals surface area contributed by atoms with E-state index in [1.165, 1.54) is 16.6 Å². The summed E-state index contributed by atoms with van der Waals surface area (Å²) < 4.78 is 0. The Bertz CT molecular complexity index is 1070. The van der Waals surface area contributed by atoms with E-state index < -0.39 is 0 Å². The van der Waals surface area contributed by atoms with E-state index >= 15 is 0 Å². The van der Waals surface area contributed by atoms with Gasteiger partial charge in [-0.25, -0.2) is 4.98 Å². The lowest BCUT2D eigenvalue weighted by atomic mass is 9.96. The molecule has 0 saturated heterocycles. The van der Waals surface area contributed by atoms with Crippen molar-refractivity contribution in [3.63, 3.8) is 0 Å². The van der Waals surface area contributed by atoms with E-state index in [4.69, 9.17) is 0 Å². The van der Waals surface area contributed by atoms with Gasteiger partial charge >= 0.3 is 0 Å². The average Bonchev–Trinajstić information content (AvgIpc) is 3.03. The molecule has 1 amide bonds. The first-order chi connectivity index (χ1) is 13.2. The number of hydrogen-bond donors (Lipinski definition) is 1. The smallest absolute Gasteiger partial charge is 0.235 e. The Kier molecular flexibility index (Phi) is 5.15. The van der Waals surface area contributed by atoms with E-state index in [0.717, 1.165) is 52.7 Å².